The molecule has 1 aromatic carbocycles. The van der Waals surface area contributed by atoms with Crippen LogP contribution >= 0.6 is 46.5 Å². The zero-order chi connectivity index (χ0) is 10.8. The van der Waals surface area contributed by atoms with E-state index < -0.39 is 0 Å². The second-order valence-electron chi connectivity index (χ2n) is 2.63. The Morgan fingerprint density at radius 2 is 1.93 bits per heavy atom. The first-order valence-corrected chi connectivity index (χ1v) is 5.74. The van der Waals surface area contributed by atoms with Gasteiger partial charge in [0, 0.05) is 0 Å². The van der Waals surface area contributed by atoms with Gasteiger partial charge in [0.15, 0.2) is 11.0 Å². The average Bonchev–Trinajstić information content (AvgIpc) is 2.60. The first kappa shape index (κ1) is 11.0. The summed E-state index contributed by atoms with van der Waals surface area (Å²) in [5.41, 5.74) is 0.652. The lowest BCUT2D eigenvalue weighted by atomic mass is 10.3. The maximum Gasteiger partial charge on any atom is 0.187 e. The van der Waals surface area contributed by atoms with Crippen molar-refractivity contribution in [3.8, 4) is 0 Å². The van der Waals surface area contributed by atoms with Crippen LogP contribution in [-0.2, 0) is 0 Å². The smallest absolute Gasteiger partial charge is 0.187 e. The summed E-state index contributed by atoms with van der Waals surface area (Å²) in [6, 6.07) is 5.27. The van der Waals surface area contributed by atoms with Crippen molar-refractivity contribution in [2.45, 2.75) is 0 Å². The van der Waals surface area contributed by atoms with Crippen molar-refractivity contribution in [2.75, 3.05) is 5.32 Å². The lowest BCUT2D eigenvalue weighted by Gasteiger charge is -2.06. The van der Waals surface area contributed by atoms with Gasteiger partial charge in [-0.05, 0) is 12.1 Å². The molecule has 0 aliphatic rings. The molecule has 1 heterocycles. The van der Waals surface area contributed by atoms with Gasteiger partial charge in [-0.2, -0.15) is 8.75 Å². The van der Waals surface area contributed by atoms with Gasteiger partial charge in [0.25, 0.3) is 0 Å². The van der Waals surface area contributed by atoms with E-state index in [-0.39, 0.29) is 0 Å². The van der Waals surface area contributed by atoms with Crippen molar-refractivity contribution in [3.63, 3.8) is 0 Å². The molecular formula is C8H4Cl3N3S. The second-order valence-corrected chi connectivity index (χ2v) is 4.30. The fourth-order valence-corrected chi connectivity index (χ4v) is 1.97. The number of nitrogens with one attached hydrogen (secondary N) is 1. The molecule has 1 N–H and O–H groups in total. The fourth-order valence-electron chi connectivity index (χ4n) is 0.980. The van der Waals surface area contributed by atoms with Gasteiger partial charge in [-0.25, -0.2) is 0 Å². The largest absolute Gasteiger partial charge is 0.335 e. The molecule has 0 radical (unpaired) electrons. The highest BCUT2D eigenvalue weighted by Crippen LogP contribution is 2.32. The van der Waals surface area contributed by atoms with Crippen LogP contribution in [0.25, 0.3) is 0 Å². The number of rotatable bonds is 2. The van der Waals surface area contributed by atoms with Gasteiger partial charge in [-0.15, -0.1) is 0 Å². The molecule has 0 saturated carbocycles. The number of hydrogen-bond donors (Lipinski definition) is 1. The van der Waals surface area contributed by atoms with Crippen molar-refractivity contribution >= 4 is 58.0 Å². The lowest BCUT2D eigenvalue weighted by molar-refractivity contribution is 1.45. The first-order valence-electron chi connectivity index (χ1n) is 3.87. The van der Waals surface area contributed by atoms with Crippen molar-refractivity contribution in [2.24, 2.45) is 0 Å². The first-order chi connectivity index (χ1) is 7.18. The molecule has 7 heteroatoms. The molecule has 0 atom stereocenters. The van der Waals surface area contributed by atoms with Crippen LogP contribution in [0.15, 0.2) is 18.2 Å². The number of benzene rings is 1. The lowest BCUT2D eigenvalue weighted by Crippen LogP contribution is -1.92. The molecule has 2 rings (SSSR count). The van der Waals surface area contributed by atoms with Crippen LogP contribution in [-0.4, -0.2) is 8.75 Å². The minimum Gasteiger partial charge on any atom is -0.335 e. The molecule has 78 valence electrons. The predicted molar refractivity (Wildman–Crippen MR) is 64.7 cm³/mol. The molecule has 1 aromatic heterocycles. The van der Waals surface area contributed by atoms with E-state index in [1.165, 1.54) is 0 Å². The maximum absolute atomic E-state index is 5.98. The summed E-state index contributed by atoms with van der Waals surface area (Å²) in [5.74, 6) is 0.478. The molecule has 0 aliphatic carbocycles. The highest BCUT2D eigenvalue weighted by Gasteiger charge is 2.09. The second kappa shape index (κ2) is 4.53. The molecule has 0 fully saturated rings. The third-order valence-electron chi connectivity index (χ3n) is 1.65. The van der Waals surface area contributed by atoms with E-state index in [0.29, 0.717) is 26.7 Å². The van der Waals surface area contributed by atoms with E-state index in [1.807, 2.05) is 0 Å². The topological polar surface area (TPSA) is 37.8 Å². The Labute approximate surface area is 105 Å². The summed E-state index contributed by atoms with van der Waals surface area (Å²) in [5, 5.41) is 4.17. The third kappa shape index (κ3) is 2.34. The molecule has 0 saturated heterocycles. The van der Waals surface area contributed by atoms with Crippen LogP contribution in [0, 0.1) is 0 Å². The monoisotopic (exact) mass is 279 g/mol. The van der Waals surface area contributed by atoms with E-state index in [2.05, 4.69) is 14.1 Å². The highest BCUT2D eigenvalue weighted by atomic mass is 35.5. The van der Waals surface area contributed by atoms with Crippen molar-refractivity contribution in [1.29, 1.82) is 0 Å². The zero-order valence-electron chi connectivity index (χ0n) is 7.17. The Morgan fingerprint density at radius 3 is 2.60 bits per heavy atom. The summed E-state index contributed by atoms with van der Waals surface area (Å²) in [4.78, 5) is 0. The van der Waals surface area contributed by atoms with E-state index in [4.69, 9.17) is 34.8 Å². The van der Waals surface area contributed by atoms with Crippen LogP contribution in [0.1, 0.15) is 0 Å². The van der Waals surface area contributed by atoms with E-state index in [9.17, 15) is 0 Å². The van der Waals surface area contributed by atoms with E-state index >= 15 is 0 Å². The van der Waals surface area contributed by atoms with Gasteiger partial charge < -0.3 is 5.32 Å². The minimum absolute atomic E-state index is 0.316. The Balaban J connectivity index is 2.33. The summed E-state index contributed by atoms with van der Waals surface area (Å²) in [7, 11) is 0. The van der Waals surface area contributed by atoms with Crippen molar-refractivity contribution in [3.05, 3.63) is 33.4 Å². The van der Waals surface area contributed by atoms with Crippen LogP contribution in [0.3, 0.4) is 0 Å². The predicted octanol–water partition coefficient (Wildman–Crippen LogP) is 4.24. The van der Waals surface area contributed by atoms with Crippen molar-refractivity contribution in [1.82, 2.24) is 8.75 Å². The Bertz CT molecular complexity index is 486. The highest BCUT2D eigenvalue weighted by molar-refractivity contribution is 6.99. The summed E-state index contributed by atoms with van der Waals surface area (Å²) < 4.78 is 7.79. The Morgan fingerprint density at radius 1 is 1.13 bits per heavy atom. The fraction of sp³-hybridized carbons (Fsp3) is 0. The number of hydrogen-bond acceptors (Lipinski definition) is 4. The molecule has 2 aromatic rings. The summed E-state index contributed by atoms with van der Waals surface area (Å²) in [6.45, 7) is 0. The Kier molecular flexibility index (Phi) is 3.31. The average molecular weight is 281 g/mol. The van der Waals surface area contributed by atoms with E-state index in [1.54, 1.807) is 18.2 Å². The van der Waals surface area contributed by atoms with Gasteiger partial charge in [0.2, 0.25) is 0 Å². The minimum atomic E-state index is 0.316. The van der Waals surface area contributed by atoms with Gasteiger partial charge in [-0.3, -0.25) is 0 Å². The summed E-state index contributed by atoms with van der Waals surface area (Å²) >= 11 is 18.6. The number of nitrogens with zero attached hydrogens (tertiary/aromatic N) is 2. The molecule has 15 heavy (non-hydrogen) atoms. The number of halogens is 3. The van der Waals surface area contributed by atoms with Crippen LogP contribution in [0.4, 0.5) is 11.5 Å². The van der Waals surface area contributed by atoms with Gasteiger partial charge in [0.05, 0.1) is 27.5 Å². The van der Waals surface area contributed by atoms with Crippen LogP contribution in [0.2, 0.25) is 15.2 Å². The third-order valence-corrected chi connectivity index (χ3v) is 3.36. The van der Waals surface area contributed by atoms with Crippen LogP contribution < -0.4 is 5.32 Å². The molecule has 0 bridgehead atoms. The number of aromatic nitrogens is 2. The molecule has 3 nitrogen and oxygen atoms in total. The zero-order valence-corrected chi connectivity index (χ0v) is 10.3. The van der Waals surface area contributed by atoms with Gasteiger partial charge in [-0.1, -0.05) is 40.9 Å². The standard InChI is InChI=1S/C8H4Cl3N3S/c9-4-2-1-3-5(6(4)10)12-8-7(11)13-15-14-8/h1-3H,(H,12,14). The quantitative estimate of drug-likeness (QED) is 0.894. The van der Waals surface area contributed by atoms with Crippen molar-refractivity contribution < 1.29 is 0 Å². The summed E-state index contributed by atoms with van der Waals surface area (Å²) in [6.07, 6.45) is 0. The molecule has 0 amide bonds. The molecule has 0 aliphatic heterocycles. The normalized spacial score (nSPS) is 10.3. The molecular weight excluding hydrogens is 277 g/mol. The number of anilines is 2. The molecule has 0 spiro atoms. The van der Waals surface area contributed by atoms with Gasteiger partial charge >= 0.3 is 0 Å². The maximum atomic E-state index is 5.98. The van der Waals surface area contributed by atoms with Crippen LogP contribution in [0.5, 0.6) is 0 Å². The van der Waals surface area contributed by atoms with E-state index in [0.717, 1.165) is 11.7 Å². The Hall–Kier alpha value is -0.550. The molecule has 0 unspecified atom stereocenters. The van der Waals surface area contributed by atoms with Gasteiger partial charge in [0.1, 0.15) is 0 Å². The SMILES string of the molecule is Clc1cccc(Nc2nsnc2Cl)c1Cl.